The van der Waals surface area contributed by atoms with Crippen molar-refractivity contribution in [1.29, 1.82) is 0 Å². The maximum atomic E-state index is 11.9. The van der Waals surface area contributed by atoms with Crippen LogP contribution < -0.4 is 11.1 Å². The van der Waals surface area contributed by atoms with Crippen LogP contribution in [-0.4, -0.2) is 15.9 Å². The van der Waals surface area contributed by atoms with Crippen molar-refractivity contribution in [3.63, 3.8) is 0 Å². The molecule has 3 N–H and O–H groups in total. The standard InChI is InChI=1S/C12H12N4O/c1-8-9(5-3-7-14-8)16-12(17)10-4-2-6-11(13)15-10/h2-7H,1H3,(H2,13,15)(H,16,17). The van der Waals surface area contributed by atoms with Crippen LogP contribution in [0.2, 0.25) is 0 Å². The third-order valence-corrected chi connectivity index (χ3v) is 2.26. The Labute approximate surface area is 98.7 Å². The van der Waals surface area contributed by atoms with Crippen molar-refractivity contribution in [2.24, 2.45) is 0 Å². The quantitative estimate of drug-likeness (QED) is 0.818. The summed E-state index contributed by atoms with van der Waals surface area (Å²) in [5.41, 5.74) is 7.22. The smallest absolute Gasteiger partial charge is 0.274 e. The van der Waals surface area contributed by atoms with Crippen LogP contribution in [0, 0.1) is 6.92 Å². The molecule has 0 unspecified atom stereocenters. The van der Waals surface area contributed by atoms with Gasteiger partial charge in [0.2, 0.25) is 0 Å². The highest BCUT2D eigenvalue weighted by atomic mass is 16.1. The summed E-state index contributed by atoms with van der Waals surface area (Å²) in [6, 6.07) is 8.47. The highest BCUT2D eigenvalue weighted by molar-refractivity contribution is 6.03. The molecule has 2 rings (SSSR count). The number of carbonyl (C=O) groups is 1. The molecule has 17 heavy (non-hydrogen) atoms. The average Bonchev–Trinajstić information content (AvgIpc) is 2.32. The monoisotopic (exact) mass is 228 g/mol. The van der Waals surface area contributed by atoms with Gasteiger partial charge in [0, 0.05) is 6.20 Å². The summed E-state index contributed by atoms with van der Waals surface area (Å²) in [5, 5.41) is 2.73. The maximum absolute atomic E-state index is 11.9. The van der Waals surface area contributed by atoms with Crippen molar-refractivity contribution < 1.29 is 4.79 Å². The molecular formula is C12H12N4O. The number of anilines is 2. The van der Waals surface area contributed by atoms with Crippen LogP contribution in [0.5, 0.6) is 0 Å². The first-order valence-corrected chi connectivity index (χ1v) is 5.12. The Bertz CT molecular complexity index is 554. The van der Waals surface area contributed by atoms with E-state index >= 15 is 0 Å². The summed E-state index contributed by atoms with van der Waals surface area (Å²) in [7, 11) is 0. The number of carbonyl (C=O) groups excluding carboxylic acids is 1. The van der Waals surface area contributed by atoms with E-state index in [0.29, 0.717) is 11.5 Å². The van der Waals surface area contributed by atoms with Gasteiger partial charge in [0.1, 0.15) is 11.5 Å². The van der Waals surface area contributed by atoms with E-state index in [1.165, 1.54) is 0 Å². The third-order valence-electron chi connectivity index (χ3n) is 2.26. The minimum Gasteiger partial charge on any atom is -0.384 e. The Balaban J connectivity index is 2.20. The summed E-state index contributed by atoms with van der Waals surface area (Å²) < 4.78 is 0. The van der Waals surface area contributed by atoms with Gasteiger partial charge in [0.25, 0.3) is 5.91 Å². The average molecular weight is 228 g/mol. The minimum atomic E-state index is -0.298. The summed E-state index contributed by atoms with van der Waals surface area (Å²) in [5.74, 6) is 0.0222. The summed E-state index contributed by atoms with van der Waals surface area (Å²) in [4.78, 5) is 19.9. The number of aromatic nitrogens is 2. The van der Waals surface area contributed by atoms with Gasteiger partial charge < -0.3 is 11.1 Å². The van der Waals surface area contributed by atoms with Crippen LogP contribution in [-0.2, 0) is 0 Å². The first-order valence-electron chi connectivity index (χ1n) is 5.12. The van der Waals surface area contributed by atoms with Crippen LogP contribution in [0.3, 0.4) is 0 Å². The largest absolute Gasteiger partial charge is 0.384 e. The molecule has 0 spiro atoms. The number of amides is 1. The normalized spacial score (nSPS) is 9.94. The Hall–Kier alpha value is -2.43. The number of nitrogens with one attached hydrogen (secondary N) is 1. The zero-order valence-corrected chi connectivity index (χ0v) is 9.34. The zero-order chi connectivity index (χ0) is 12.3. The molecule has 1 amide bonds. The summed E-state index contributed by atoms with van der Waals surface area (Å²) in [6.07, 6.45) is 1.67. The van der Waals surface area contributed by atoms with E-state index in [9.17, 15) is 4.79 Å². The van der Waals surface area contributed by atoms with Crippen LogP contribution in [0.1, 0.15) is 16.2 Å². The summed E-state index contributed by atoms with van der Waals surface area (Å²) in [6.45, 7) is 1.82. The number of rotatable bonds is 2. The molecule has 2 aromatic heterocycles. The molecule has 5 heteroatoms. The lowest BCUT2D eigenvalue weighted by Gasteiger charge is -2.06. The lowest BCUT2D eigenvalue weighted by molar-refractivity contribution is 0.102. The van der Waals surface area contributed by atoms with Gasteiger partial charge in [-0.25, -0.2) is 4.98 Å². The van der Waals surface area contributed by atoms with Gasteiger partial charge >= 0.3 is 0 Å². The van der Waals surface area contributed by atoms with E-state index in [1.54, 1.807) is 36.5 Å². The van der Waals surface area contributed by atoms with Gasteiger partial charge in [-0.2, -0.15) is 0 Å². The molecule has 0 fully saturated rings. The number of hydrogen-bond donors (Lipinski definition) is 2. The lowest BCUT2D eigenvalue weighted by Crippen LogP contribution is -2.15. The fourth-order valence-electron chi connectivity index (χ4n) is 1.38. The number of nitrogen functional groups attached to an aromatic ring is 1. The number of pyridine rings is 2. The fraction of sp³-hybridized carbons (Fsp3) is 0.0833. The number of nitrogens with two attached hydrogens (primary N) is 1. The third kappa shape index (κ3) is 2.57. The van der Waals surface area contributed by atoms with Crippen LogP contribution in [0.4, 0.5) is 11.5 Å². The Morgan fingerprint density at radius 1 is 1.29 bits per heavy atom. The summed E-state index contributed by atoms with van der Waals surface area (Å²) >= 11 is 0. The second-order valence-electron chi connectivity index (χ2n) is 3.54. The van der Waals surface area contributed by atoms with Crippen molar-refractivity contribution in [3.05, 3.63) is 47.9 Å². The van der Waals surface area contributed by atoms with Gasteiger partial charge in [0.05, 0.1) is 11.4 Å². The molecule has 0 saturated carbocycles. The van der Waals surface area contributed by atoms with Crippen LogP contribution >= 0.6 is 0 Å². The van der Waals surface area contributed by atoms with Crippen molar-refractivity contribution in [2.75, 3.05) is 11.1 Å². The van der Waals surface area contributed by atoms with Crippen molar-refractivity contribution in [1.82, 2.24) is 9.97 Å². The molecule has 0 aromatic carbocycles. The van der Waals surface area contributed by atoms with Gasteiger partial charge in [-0.1, -0.05) is 6.07 Å². The molecule has 0 bridgehead atoms. The SMILES string of the molecule is Cc1ncccc1NC(=O)c1cccc(N)n1. The fourth-order valence-corrected chi connectivity index (χ4v) is 1.38. The molecule has 2 heterocycles. The Morgan fingerprint density at radius 2 is 2.12 bits per heavy atom. The topological polar surface area (TPSA) is 80.9 Å². The van der Waals surface area contributed by atoms with Crippen LogP contribution in [0.25, 0.3) is 0 Å². The minimum absolute atomic E-state index is 0.285. The lowest BCUT2D eigenvalue weighted by atomic mass is 10.3. The van der Waals surface area contributed by atoms with E-state index in [-0.39, 0.29) is 11.6 Å². The maximum Gasteiger partial charge on any atom is 0.274 e. The Morgan fingerprint density at radius 3 is 2.82 bits per heavy atom. The molecule has 0 aliphatic carbocycles. The van der Waals surface area contributed by atoms with Gasteiger partial charge in [-0.15, -0.1) is 0 Å². The second-order valence-corrected chi connectivity index (χ2v) is 3.54. The van der Waals surface area contributed by atoms with Gasteiger partial charge in [0.15, 0.2) is 0 Å². The number of nitrogens with zero attached hydrogens (tertiary/aromatic N) is 2. The predicted octanol–water partition coefficient (Wildman–Crippen LogP) is 1.62. The molecule has 0 aliphatic rings. The molecule has 86 valence electrons. The number of aryl methyl sites for hydroxylation is 1. The second kappa shape index (κ2) is 4.61. The molecule has 5 nitrogen and oxygen atoms in total. The molecule has 0 atom stereocenters. The van der Waals surface area contributed by atoms with E-state index in [4.69, 9.17) is 5.73 Å². The highest BCUT2D eigenvalue weighted by Gasteiger charge is 2.09. The molecule has 0 saturated heterocycles. The van der Waals surface area contributed by atoms with E-state index in [2.05, 4.69) is 15.3 Å². The van der Waals surface area contributed by atoms with Crippen molar-refractivity contribution in [2.45, 2.75) is 6.92 Å². The molecule has 0 aliphatic heterocycles. The van der Waals surface area contributed by atoms with Gasteiger partial charge in [-0.3, -0.25) is 9.78 Å². The zero-order valence-electron chi connectivity index (χ0n) is 9.34. The van der Waals surface area contributed by atoms with Crippen LogP contribution in [0.15, 0.2) is 36.5 Å². The number of hydrogen-bond acceptors (Lipinski definition) is 4. The Kier molecular flexibility index (Phi) is 3.00. The van der Waals surface area contributed by atoms with Gasteiger partial charge in [-0.05, 0) is 31.2 Å². The first-order chi connectivity index (χ1) is 8.16. The molecular weight excluding hydrogens is 216 g/mol. The van der Waals surface area contributed by atoms with Crippen molar-refractivity contribution in [3.8, 4) is 0 Å². The van der Waals surface area contributed by atoms with E-state index in [1.807, 2.05) is 6.92 Å². The first kappa shape index (κ1) is 11.1. The predicted molar refractivity (Wildman–Crippen MR) is 65.6 cm³/mol. The highest BCUT2D eigenvalue weighted by Crippen LogP contribution is 2.12. The van der Waals surface area contributed by atoms with E-state index < -0.39 is 0 Å². The van der Waals surface area contributed by atoms with Crippen molar-refractivity contribution >= 4 is 17.4 Å². The van der Waals surface area contributed by atoms with E-state index in [0.717, 1.165) is 5.69 Å². The molecule has 2 aromatic rings. The molecule has 0 radical (unpaired) electrons.